The van der Waals surface area contributed by atoms with Crippen molar-refractivity contribution in [1.82, 2.24) is 0.592 Å². The molecule has 0 saturated carbocycles. The molecule has 0 unspecified atom stereocenters. The molecule has 0 fully saturated rings. The summed E-state index contributed by atoms with van der Waals surface area (Å²) in [6, 6.07) is 10.4. The topological polar surface area (TPSA) is 12.0 Å². The number of benzene rings is 1. The summed E-state index contributed by atoms with van der Waals surface area (Å²) in [6.45, 7) is 0.998. The van der Waals surface area contributed by atoms with Gasteiger partial charge in [0.25, 0.3) is 0 Å². The summed E-state index contributed by atoms with van der Waals surface area (Å²) in [5.41, 5.74) is 1.38. The third-order valence-corrected chi connectivity index (χ3v) is 1.75. The van der Waals surface area contributed by atoms with Gasteiger partial charge in [-0.25, -0.2) is 0 Å². The molecule has 1 nitrogen and oxygen atoms in total. The first kappa shape index (κ1) is 8.79. The standard InChI is InChI=1S/C8H10N.Yb/c9-7-6-8-4-2-1-3-5-8;/h1-5,9H,6-7H2;/q-1;+1. The van der Waals surface area contributed by atoms with Crippen LogP contribution in [0.2, 0.25) is 0 Å². The molecule has 0 spiro atoms. The summed E-state index contributed by atoms with van der Waals surface area (Å²) < 4.78 is 2.98. The van der Waals surface area contributed by atoms with Crippen molar-refractivity contribution in [3.63, 3.8) is 0 Å². The van der Waals surface area contributed by atoms with Crippen molar-refractivity contribution in [2.24, 2.45) is 0 Å². The maximum atomic E-state index is 2.98. The molecule has 0 aromatic heterocycles. The van der Waals surface area contributed by atoms with E-state index in [1.807, 2.05) is 6.07 Å². The van der Waals surface area contributed by atoms with E-state index in [4.69, 9.17) is 0 Å². The molecule has 0 amide bonds. The number of rotatable bonds is 3. The second kappa shape index (κ2) is 5.36. The van der Waals surface area contributed by atoms with Crippen molar-refractivity contribution >= 4 is 0 Å². The van der Waals surface area contributed by atoms with Crippen LogP contribution in [0.1, 0.15) is 5.56 Å². The van der Waals surface area contributed by atoms with Crippen LogP contribution in [0.4, 0.5) is 0 Å². The second-order valence-corrected chi connectivity index (χ2v) is 2.69. The average molecular weight is 293 g/mol. The van der Waals surface area contributed by atoms with Crippen LogP contribution in [0, 0.1) is 45.1 Å². The Labute approximate surface area is 93.2 Å². The van der Waals surface area contributed by atoms with Crippen LogP contribution in [0.15, 0.2) is 30.3 Å². The molecule has 0 heterocycles. The van der Waals surface area contributed by atoms with E-state index in [2.05, 4.69) is 69.9 Å². The molecule has 1 aromatic carbocycles. The second-order valence-electron chi connectivity index (χ2n) is 2.08. The van der Waals surface area contributed by atoms with Gasteiger partial charge in [0.05, 0.1) is 0 Å². The third-order valence-electron chi connectivity index (χ3n) is 1.32. The molecule has 1 rings (SSSR count). The first-order valence-corrected chi connectivity index (χ1v) is 4.11. The summed E-state index contributed by atoms with van der Waals surface area (Å²) >= 11 is 2.85. The predicted octanol–water partition coefficient (Wildman–Crippen LogP) is 1.28. The minimum atomic E-state index is 0.998. The van der Waals surface area contributed by atoms with E-state index in [-0.39, 0.29) is 0 Å². The van der Waals surface area contributed by atoms with Crippen molar-refractivity contribution in [1.29, 1.82) is 0 Å². The van der Waals surface area contributed by atoms with Crippen LogP contribution in [-0.4, -0.2) is 6.54 Å². The molecule has 0 radical (unpaired) electrons. The molecule has 2 heteroatoms. The van der Waals surface area contributed by atoms with Crippen molar-refractivity contribution in [3.8, 4) is 0 Å². The molecule has 0 aliphatic heterocycles. The van der Waals surface area contributed by atoms with E-state index in [9.17, 15) is 0 Å². The molecule has 0 aliphatic rings. The number of hydrogen-bond donors (Lipinski definition) is 1. The van der Waals surface area contributed by atoms with Gasteiger partial charge in [-0.1, -0.05) is 0 Å². The summed E-state index contributed by atoms with van der Waals surface area (Å²) in [5, 5.41) is 0. The van der Waals surface area contributed by atoms with Gasteiger partial charge in [0.1, 0.15) is 0 Å². The van der Waals surface area contributed by atoms with E-state index in [1.54, 1.807) is 0 Å². The van der Waals surface area contributed by atoms with Gasteiger partial charge in [-0.3, -0.25) is 0 Å². The Morgan fingerprint density at radius 1 is 1.20 bits per heavy atom. The molecule has 1 N–H and O–H groups in total. The molecule has 0 bridgehead atoms. The fourth-order valence-corrected chi connectivity index (χ4v) is 1.04. The Morgan fingerprint density at radius 3 is 2.50 bits per heavy atom. The Hall–Kier alpha value is 0.699. The molecule has 61 valence electrons. The average Bonchev–Trinajstić information content (AvgIpc) is 2.03. The van der Waals surface area contributed by atoms with Crippen LogP contribution in [0.25, 0.3) is 0 Å². The van der Waals surface area contributed by atoms with Crippen molar-refractivity contribution in [2.45, 2.75) is 6.42 Å². The van der Waals surface area contributed by atoms with E-state index in [0.717, 1.165) is 13.0 Å². The van der Waals surface area contributed by atoms with Crippen molar-refractivity contribution < 1.29 is 45.1 Å². The Morgan fingerprint density at radius 2 is 1.90 bits per heavy atom. The fourth-order valence-electron chi connectivity index (χ4n) is 0.822. The predicted molar refractivity (Wildman–Crippen MR) is 38.1 cm³/mol. The summed E-state index contributed by atoms with van der Waals surface area (Å²) in [7, 11) is 0. The first-order chi connectivity index (χ1) is 4.93. The Balaban J connectivity index is 2.43. The quantitative estimate of drug-likeness (QED) is 0.885. The zero-order valence-electron chi connectivity index (χ0n) is 5.57. The molecule has 0 aliphatic carbocycles. The molecular weight excluding hydrogens is 283 g/mol. The summed E-state index contributed by atoms with van der Waals surface area (Å²) in [4.78, 5) is 0. The summed E-state index contributed by atoms with van der Waals surface area (Å²) in [6.07, 6.45) is 1.09. The molecule has 1 aromatic rings. The van der Waals surface area contributed by atoms with Gasteiger partial charge in [0, 0.05) is 0 Å². The SMILES string of the molecule is [Yb][NH]CCc1ccccc1. The van der Waals surface area contributed by atoms with Crippen molar-refractivity contribution in [2.75, 3.05) is 6.54 Å². The van der Waals surface area contributed by atoms with Crippen LogP contribution in [0.3, 0.4) is 0 Å². The van der Waals surface area contributed by atoms with Gasteiger partial charge in [-0.05, 0) is 0 Å². The zero-order chi connectivity index (χ0) is 7.23. The molecule has 10 heavy (non-hydrogen) atoms. The van der Waals surface area contributed by atoms with E-state index in [1.165, 1.54) is 5.56 Å². The Bertz CT molecular complexity index is 174. The third kappa shape index (κ3) is 3.20. The van der Waals surface area contributed by atoms with Crippen LogP contribution in [-0.2, 0) is 6.42 Å². The summed E-state index contributed by atoms with van der Waals surface area (Å²) in [5.74, 6) is 0. The van der Waals surface area contributed by atoms with E-state index >= 15 is 0 Å². The normalized spacial score (nSPS) is 9.80. The van der Waals surface area contributed by atoms with E-state index < -0.39 is 0 Å². The van der Waals surface area contributed by atoms with Crippen LogP contribution < -0.4 is 0.592 Å². The van der Waals surface area contributed by atoms with Gasteiger partial charge in [-0.2, -0.15) is 0 Å². The van der Waals surface area contributed by atoms with E-state index in [0.29, 0.717) is 0 Å². The Kier molecular flexibility index (Phi) is 4.72. The van der Waals surface area contributed by atoms with Gasteiger partial charge in [0.15, 0.2) is 0 Å². The van der Waals surface area contributed by atoms with Gasteiger partial charge in [0.2, 0.25) is 0 Å². The maximum absolute atomic E-state index is 2.98. The van der Waals surface area contributed by atoms with Gasteiger partial charge in [-0.15, -0.1) is 0 Å². The number of nitrogens with one attached hydrogen (secondary N) is 1. The molecule has 0 atom stereocenters. The van der Waals surface area contributed by atoms with Crippen LogP contribution >= 0.6 is 0 Å². The first-order valence-electron chi connectivity index (χ1n) is 3.25. The van der Waals surface area contributed by atoms with Crippen molar-refractivity contribution in [3.05, 3.63) is 35.9 Å². The fraction of sp³-hybridized carbons (Fsp3) is 0.250. The van der Waals surface area contributed by atoms with Gasteiger partial charge >= 0.3 is 94.5 Å². The van der Waals surface area contributed by atoms with Crippen LogP contribution in [0.5, 0.6) is 0 Å². The molecular formula is C8H10NYb. The zero-order valence-corrected chi connectivity index (χ0v) is 7.28. The monoisotopic (exact) mass is 294 g/mol. The minimum absolute atomic E-state index is 0.998. The van der Waals surface area contributed by atoms with Gasteiger partial charge < -0.3 is 0 Å². The number of hydrogen-bond acceptors (Lipinski definition) is 1. The molecule has 0 saturated heterocycles.